The maximum atomic E-state index is 15.4. The molecule has 14 heteroatoms. The molecule has 3 aromatic rings. The number of rotatable bonds is 8. The van der Waals surface area contributed by atoms with Crippen LogP contribution in [0, 0.1) is 11.6 Å². The van der Waals surface area contributed by atoms with Crippen LogP contribution < -0.4 is 25.7 Å². The van der Waals surface area contributed by atoms with Gasteiger partial charge in [-0.2, -0.15) is 0 Å². The van der Waals surface area contributed by atoms with E-state index in [0.29, 0.717) is 32.4 Å². The lowest BCUT2D eigenvalue weighted by Gasteiger charge is -2.23. The van der Waals surface area contributed by atoms with Gasteiger partial charge in [0.2, 0.25) is 5.43 Å². The van der Waals surface area contributed by atoms with Crippen molar-refractivity contribution in [1.82, 2.24) is 9.55 Å². The van der Waals surface area contributed by atoms with E-state index < -0.39 is 46.8 Å². The third kappa shape index (κ3) is 5.56. The smallest absolute Gasteiger partial charge is 0.414 e. The summed E-state index contributed by atoms with van der Waals surface area (Å²) in [5.74, 6) is -3.06. The standard InChI is InChI=1S/C30H31F2N5O7/c1-15(38)25(33)24-14-37(30(42)44-24)17-6-7-23(21(31)11-17)43-18-3-2-9-35(10-8-18)28-22(32)12-19-26(39)20(29(40)41)13-36(16-4-5-16)27(19)34-28/h6-7,11-13,16,18,24-25H,2-5,8-10,14,33H2,1H3,(H,40,41). The van der Waals surface area contributed by atoms with Crippen molar-refractivity contribution < 1.29 is 37.7 Å². The first-order valence-electron chi connectivity index (χ1n) is 14.5. The van der Waals surface area contributed by atoms with E-state index in [1.165, 1.54) is 30.2 Å². The number of carbonyl (C=O) groups excluding carboxylic acids is 2. The number of nitrogens with two attached hydrogens (primary N) is 1. The molecule has 4 heterocycles. The summed E-state index contributed by atoms with van der Waals surface area (Å²) in [7, 11) is 0. The summed E-state index contributed by atoms with van der Waals surface area (Å²) in [6.45, 7) is 2.10. The first-order valence-corrected chi connectivity index (χ1v) is 14.5. The SMILES string of the molecule is CC(=O)C(N)C1CN(c2ccc(OC3CCCN(c4nc5c(cc4F)c(=O)c(C(=O)O)cn5C4CC4)CC3)c(F)c2)C(=O)O1. The Labute approximate surface area is 249 Å². The second-order valence-corrected chi connectivity index (χ2v) is 11.4. The molecule has 232 valence electrons. The van der Waals surface area contributed by atoms with Gasteiger partial charge in [0, 0.05) is 37.8 Å². The summed E-state index contributed by atoms with van der Waals surface area (Å²) < 4.78 is 43.3. The molecule has 44 heavy (non-hydrogen) atoms. The number of nitrogens with zero attached hydrogens (tertiary/aromatic N) is 4. The van der Waals surface area contributed by atoms with Crippen molar-refractivity contribution in [3.8, 4) is 5.75 Å². The van der Waals surface area contributed by atoms with E-state index in [1.807, 2.05) is 0 Å². The molecule has 3 fully saturated rings. The molecule has 3 unspecified atom stereocenters. The lowest BCUT2D eigenvalue weighted by molar-refractivity contribution is -0.120. The number of amides is 1. The van der Waals surface area contributed by atoms with Crippen LogP contribution in [-0.4, -0.2) is 70.4 Å². The highest BCUT2D eigenvalue weighted by molar-refractivity contribution is 5.92. The molecule has 1 amide bonds. The number of hydrogen-bond donors (Lipinski definition) is 2. The molecule has 3 aliphatic rings. The Morgan fingerprint density at radius 2 is 1.89 bits per heavy atom. The number of carboxylic acids is 1. The lowest BCUT2D eigenvalue weighted by Crippen LogP contribution is -2.43. The summed E-state index contributed by atoms with van der Waals surface area (Å²) in [6, 6.07) is 4.19. The number of benzene rings is 1. The number of ketones is 1. The average molecular weight is 612 g/mol. The minimum Gasteiger partial charge on any atom is -0.487 e. The number of cyclic esters (lactones) is 1. The quantitative estimate of drug-likeness (QED) is 0.387. The lowest BCUT2D eigenvalue weighted by atomic mass is 10.1. The summed E-state index contributed by atoms with van der Waals surface area (Å²) in [5, 5.41) is 9.39. The van der Waals surface area contributed by atoms with Crippen molar-refractivity contribution in [1.29, 1.82) is 0 Å². The third-order valence-electron chi connectivity index (χ3n) is 8.31. The number of ether oxygens (including phenoxy) is 2. The summed E-state index contributed by atoms with van der Waals surface area (Å²) >= 11 is 0. The van der Waals surface area contributed by atoms with Crippen LogP contribution in [0.1, 0.15) is 55.4 Å². The molecule has 2 aliphatic heterocycles. The number of anilines is 2. The molecule has 3 N–H and O–H groups in total. The Bertz CT molecular complexity index is 1730. The molecule has 0 spiro atoms. The van der Waals surface area contributed by atoms with Gasteiger partial charge in [-0.15, -0.1) is 0 Å². The molecule has 1 aliphatic carbocycles. The normalized spacial score (nSPS) is 21.2. The van der Waals surface area contributed by atoms with Crippen molar-refractivity contribution in [2.75, 3.05) is 29.4 Å². The zero-order valence-electron chi connectivity index (χ0n) is 23.9. The van der Waals surface area contributed by atoms with E-state index >= 15 is 8.78 Å². The molecular weight excluding hydrogens is 580 g/mol. The number of hydrogen-bond acceptors (Lipinski definition) is 9. The van der Waals surface area contributed by atoms with Gasteiger partial charge in [0.25, 0.3) is 0 Å². The number of fused-ring (bicyclic) bond motifs is 1. The zero-order valence-corrected chi connectivity index (χ0v) is 23.9. The molecule has 12 nitrogen and oxygen atoms in total. The van der Waals surface area contributed by atoms with Crippen LogP contribution in [0.3, 0.4) is 0 Å². The molecule has 1 saturated carbocycles. The van der Waals surface area contributed by atoms with E-state index in [4.69, 9.17) is 15.2 Å². The number of aromatic carboxylic acids is 1. The Morgan fingerprint density at radius 3 is 2.57 bits per heavy atom. The second kappa shape index (κ2) is 11.5. The number of aromatic nitrogens is 2. The van der Waals surface area contributed by atoms with E-state index in [1.54, 1.807) is 9.47 Å². The van der Waals surface area contributed by atoms with Gasteiger partial charge in [-0.1, -0.05) is 0 Å². The van der Waals surface area contributed by atoms with Crippen LogP contribution in [0.25, 0.3) is 11.0 Å². The third-order valence-corrected chi connectivity index (χ3v) is 8.31. The highest BCUT2D eigenvalue weighted by Gasteiger charge is 2.38. The van der Waals surface area contributed by atoms with E-state index in [2.05, 4.69) is 4.98 Å². The Morgan fingerprint density at radius 1 is 1.11 bits per heavy atom. The van der Waals surface area contributed by atoms with Crippen LogP contribution in [0.4, 0.5) is 25.1 Å². The van der Waals surface area contributed by atoms with Gasteiger partial charge in [0.05, 0.1) is 17.6 Å². The highest BCUT2D eigenvalue weighted by atomic mass is 19.1. The van der Waals surface area contributed by atoms with E-state index in [0.717, 1.165) is 25.0 Å². The predicted molar refractivity (Wildman–Crippen MR) is 154 cm³/mol. The molecule has 0 radical (unpaired) electrons. The van der Waals surface area contributed by atoms with Gasteiger partial charge in [0.1, 0.15) is 35.2 Å². The van der Waals surface area contributed by atoms with Crippen molar-refractivity contribution in [2.45, 2.75) is 63.3 Å². The second-order valence-electron chi connectivity index (χ2n) is 11.4. The number of carbonyl (C=O) groups is 3. The first-order chi connectivity index (χ1) is 21.0. The predicted octanol–water partition coefficient (Wildman–Crippen LogP) is 3.39. The fourth-order valence-electron chi connectivity index (χ4n) is 5.72. The zero-order chi connectivity index (χ0) is 31.3. The van der Waals surface area contributed by atoms with Crippen LogP contribution >= 0.6 is 0 Å². The van der Waals surface area contributed by atoms with Crippen LogP contribution in [0.2, 0.25) is 0 Å². The molecular formula is C30H31F2N5O7. The van der Waals surface area contributed by atoms with Crippen LogP contribution in [0.15, 0.2) is 35.3 Å². The minimum atomic E-state index is -1.37. The number of carboxylic acid groups (broad SMARTS) is 1. The van der Waals surface area contributed by atoms with Gasteiger partial charge < -0.3 is 29.8 Å². The molecule has 6 rings (SSSR count). The van der Waals surface area contributed by atoms with Crippen molar-refractivity contribution in [2.24, 2.45) is 5.73 Å². The summed E-state index contributed by atoms with van der Waals surface area (Å²) in [5.41, 5.74) is 5.09. The molecule has 0 bridgehead atoms. The van der Waals surface area contributed by atoms with Gasteiger partial charge in [-0.3, -0.25) is 14.5 Å². The van der Waals surface area contributed by atoms with Crippen molar-refractivity contribution in [3.63, 3.8) is 0 Å². The topological polar surface area (TPSA) is 157 Å². The first kappa shape index (κ1) is 29.5. The van der Waals surface area contributed by atoms with Gasteiger partial charge in [-0.25, -0.2) is 23.4 Å². The van der Waals surface area contributed by atoms with Gasteiger partial charge >= 0.3 is 12.1 Å². The van der Waals surface area contributed by atoms with Gasteiger partial charge in [0.15, 0.2) is 23.2 Å². The van der Waals surface area contributed by atoms with E-state index in [9.17, 15) is 24.3 Å². The largest absolute Gasteiger partial charge is 0.487 e. The van der Waals surface area contributed by atoms with Crippen molar-refractivity contribution in [3.05, 3.63) is 57.9 Å². The number of Topliss-reactive ketones (excluding diaryl/α,β-unsaturated/α-hetero) is 1. The summed E-state index contributed by atoms with van der Waals surface area (Å²) in [6.07, 6.45) is 2.53. The minimum absolute atomic E-state index is 0.000808. The average Bonchev–Trinajstić information content (AvgIpc) is 3.79. The monoisotopic (exact) mass is 611 g/mol. The van der Waals surface area contributed by atoms with Crippen LogP contribution in [0.5, 0.6) is 5.75 Å². The van der Waals surface area contributed by atoms with Gasteiger partial charge in [-0.05, 0) is 50.8 Å². The molecule has 1 aromatic carbocycles. The Kier molecular flexibility index (Phi) is 7.70. The molecule has 3 atom stereocenters. The van der Waals surface area contributed by atoms with Crippen molar-refractivity contribution >= 4 is 40.4 Å². The van der Waals surface area contributed by atoms with Crippen LogP contribution in [-0.2, 0) is 9.53 Å². The maximum absolute atomic E-state index is 15.4. The highest BCUT2D eigenvalue weighted by Crippen LogP contribution is 2.37. The number of pyridine rings is 2. The maximum Gasteiger partial charge on any atom is 0.414 e. The Hall–Kier alpha value is -4.59. The Balaban J connectivity index is 1.16. The summed E-state index contributed by atoms with van der Waals surface area (Å²) in [4.78, 5) is 55.8. The molecule has 2 aromatic heterocycles. The molecule has 2 saturated heterocycles. The van der Waals surface area contributed by atoms with E-state index in [-0.39, 0.29) is 52.8 Å². The number of halogens is 2. The fraction of sp³-hybridized carbons (Fsp3) is 0.433. The fourth-order valence-corrected chi connectivity index (χ4v) is 5.72.